The Morgan fingerprint density at radius 2 is 2.04 bits per heavy atom. The summed E-state index contributed by atoms with van der Waals surface area (Å²) in [6.07, 6.45) is 2.41. The van der Waals surface area contributed by atoms with Crippen LogP contribution in [0.5, 0.6) is 5.75 Å². The molecule has 0 saturated carbocycles. The van der Waals surface area contributed by atoms with Gasteiger partial charge in [0.05, 0.1) is 13.7 Å². The van der Waals surface area contributed by atoms with Gasteiger partial charge in [-0.3, -0.25) is 14.6 Å². The summed E-state index contributed by atoms with van der Waals surface area (Å²) in [4.78, 5) is 20.2. The molecule has 0 aliphatic carbocycles. The number of methoxy groups -OCH3 is 1. The topological polar surface area (TPSA) is 97.7 Å². The van der Waals surface area contributed by atoms with Gasteiger partial charge in [0.25, 0.3) is 11.7 Å². The fourth-order valence-electron chi connectivity index (χ4n) is 4.18. The van der Waals surface area contributed by atoms with Crippen LogP contribution in [-0.2, 0) is 13.1 Å². The fraction of sp³-hybridized carbons (Fsp3) is 0.526. The van der Waals surface area contributed by atoms with Crippen molar-refractivity contribution in [3.8, 4) is 5.75 Å². The van der Waals surface area contributed by atoms with Crippen molar-refractivity contribution in [1.82, 2.24) is 19.9 Å². The third-order valence-electron chi connectivity index (χ3n) is 5.49. The zero-order chi connectivity index (χ0) is 18.8. The van der Waals surface area contributed by atoms with E-state index in [1.165, 1.54) is 18.4 Å². The Labute approximate surface area is 158 Å². The van der Waals surface area contributed by atoms with E-state index in [1.54, 1.807) is 7.11 Å². The van der Waals surface area contributed by atoms with Crippen LogP contribution < -0.4 is 10.5 Å². The zero-order valence-electron chi connectivity index (χ0n) is 15.5. The summed E-state index contributed by atoms with van der Waals surface area (Å²) in [5.74, 6) is 1.26. The Hall–Kier alpha value is -2.45. The number of piperidine rings is 1. The van der Waals surface area contributed by atoms with E-state index in [1.807, 2.05) is 12.1 Å². The molecule has 2 N–H and O–H groups in total. The maximum absolute atomic E-state index is 11.2. The van der Waals surface area contributed by atoms with Crippen LogP contribution in [-0.4, -0.2) is 58.6 Å². The van der Waals surface area contributed by atoms with E-state index in [-0.39, 0.29) is 5.82 Å². The lowest BCUT2D eigenvalue weighted by Crippen LogP contribution is -2.43. The maximum atomic E-state index is 11.2. The molecule has 0 unspecified atom stereocenters. The normalized spacial score (nSPS) is 23.3. The number of ether oxygens (including phenoxy) is 1. The summed E-state index contributed by atoms with van der Waals surface area (Å²) in [7, 11) is 1.69. The molecule has 1 amide bonds. The van der Waals surface area contributed by atoms with Crippen LogP contribution in [0.15, 0.2) is 28.8 Å². The second kappa shape index (κ2) is 7.66. The minimum Gasteiger partial charge on any atom is -0.497 e. The number of hydrogen-bond acceptors (Lipinski definition) is 7. The molecular weight excluding hydrogens is 346 g/mol. The van der Waals surface area contributed by atoms with Gasteiger partial charge in [-0.25, -0.2) is 0 Å². The molecule has 5 rings (SSSR count). The second-order valence-corrected chi connectivity index (χ2v) is 7.44. The van der Waals surface area contributed by atoms with E-state index in [4.69, 9.17) is 15.0 Å². The molecule has 8 nitrogen and oxygen atoms in total. The lowest BCUT2D eigenvalue weighted by molar-refractivity contribution is 0.0987. The molecule has 4 heterocycles. The number of carbonyl (C=O) groups excluding carboxylic acids is 1. The number of aromatic nitrogens is 2. The van der Waals surface area contributed by atoms with Crippen molar-refractivity contribution in [3.63, 3.8) is 0 Å². The first-order chi connectivity index (χ1) is 13.1. The maximum Gasteiger partial charge on any atom is 0.290 e. The lowest BCUT2D eigenvalue weighted by atomic mass is 9.95. The van der Waals surface area contributed by atoms with Gasteiger partial charge in [0.2, 0.25) is 5.89 Å². The second-order valence-electron chi connectivity index (χ2n) is 7.44. The first kappa shape index (κ1) is 17.9. The largest absolute Gasteiger partial charge is 0.497 e. The molecule has 2 bridgehead atoms. The highest BCUT2D eigenvalue weighted by atomic mass is 16.5. The van der Waals surface area contributed by atoms with Crippen LogP contribution in [0.4, 0.5) is 0 Å². The molecule has 3 aliphatic heterocycles. The van der Waals surface area contributed by atoms with Crippen LogP contribution in [0.2, 0.25) is 0 Å². The number of primary amides is 1. The third kappa shape index (κ3) is 4.12. The standard InChI is InChI=1S/C19H25N5O3/c1-26-16-6-3-13(4-7-16)8-23-9-14-2-5-15(11-23)24(10-14)12-17-21-19(18(20)25)22-27-17/h3-4,6-7,14-15H,2,5,8-12H2,1H3,(H2,20,25)/t14-,15+/m0/s1. The van der Waals surface area contributed by atoms with Gasteiger partial charge >= 0.3 is 0 Å². The quantitative estimate of drug-likeness (QED) is 0.817. The molecule has 3 aliphatic rings. The van der Waals surface area contributed by atoms with Gasteiger partial charge in [0, 0.05) is 32.2 Å². The van der Waals surface area contributed by atoms with Crippen LogP contribution in [0.1, 0.15) is 34.9 Å². The number of nitrogens with two attached hydrogens (primary N) is 1. The molecule has 1 aromatic carbocycles. The zero-order valence-corrected chi connectivity index (χ0v) is 15.5. The van der Waals surface area contributed by atoms with Gasteiger partial charge < -0.3 is 15.0 Å². The molecule has 2 atom stereocenters. The van der Waals surface area contributed by atoms with E-state index in [2.05, 4.69) is 32.1 Å². The summed E-state index contributed by atoms with van der Waals surface area (Å²) in [5.41, 5.74) is 6.50. The molecule has 144 valence electrons. The van der Waals surface area contributed by atoms with Gasteiger partial charge in [0.15, 0.2) is 0 Å². The van der Waals surface area contributed by atoms with E-state index >= 15 is 0 Å². The van der Waals surface area contributed by atoms with Crippen molar-refractivity contribution in [2.45, 2.75) is 32.0 Å². The SMILES string of the molecule is COc1ccc(CN2C[C@@H]3CC[C@H](C2)N(Cc2nc(C(N)=O)no2)C3)cc1. The van der Waals surface area contributed by atoms with Gasteiger partial charge in [0.1, 0.15) is 5.75 Å². The minimum absolute atomic E-state index is 0.0499. The van der Waals surface area contributed by atoms with Crippen molar-refractivity contribution in [1.29, 1.82) is 0 Å². The van der Waals surface area contributed by atoms with Crippen LogP contribution in [0.3, 0.4) is 0 Å². The number of benzene rings is 1. The summed E-state index contributed by atoms with van der Waals surface area (Å²) in [6, 6.07) is 8.74. The predicted molar refractivity (Wildman–Crippen MR) is 98.0 cm³/mol. The fourth-order valence-corrected chi connectivity index (χ4v) is 4.18. The van der Waals surface area contributed by atoms with Crippen molar-refractivity contribution < 1.29 is 14.1 Å². The molecule has 3 fully saturated rings. The highest BCUT2D eigenvalue weighted by Crippen LogP contribution is 2.30. The Morgan fingerprint density at radius 1 is 1.22 bits per heavy atom. The summed E-state index contributed by atoms with van der Waals surface area (Å²) in [5, 5.41) is 3.64. The molecule has 8 heteroatoms. The van der Waals surface area contributed by atoms with Crippen LogP contribution >= 0.6 is 0 Å². The predicted octanol–water partition coefficient (Wildman–Crippen LogP) is 1.27. The van der Waals surface area contributed by atoms with Gasteiger partial charge in [-0.2, -0.15) is 4.98 Å². The van der Waals surface area contributed by atoms with Crippen molar-refractivity contribution in [2.75, 3.05) is 26.7 Å². The average molecular weight is 371 g/mol. The molecule has 2 aromatic rings. The van der Waals surface area contributed by atoms with E-state index < -0.39 is 5.91 Å². The van der Waals surface area contributed by atoms with Crippen LogP contribution in [0, 0.1) is 5.92 Å². The number of hydrogen-bond donors (Lipinski definition) is 1. The summed E-state index contributed by atoms with van der Waals surface area (Å²) >= 11 is 0. The number of nitrogens with zero attached hydrogens (tertiary/aromatic N) is 4. The van der Waals surface area contributed by atoms with E-state index in [0.29, 0.717) is 24.4 Å². The van der Waals surface area contributed by atoms with Gasteiger partial charge in [-0.1, -0.05) is 17.3 Å². The van der Waals surface area contributed by atoms with Crippen LogP contribution in [0.25, 0.3) is 0 Å². The molecule has 0 radical (unpaired) electrons. The third-order valence-corrected chi connectivity index (χ3v) is 5.49. The monoisotopic (exact) mass is 371 g/mol. The van der Waals surface area contributed by atoms with E-state index in [0.717, 1.165) is 31.9 Å². The smallest absolute Gasteiger partial charge is 0.290 e. The van der Waals surface area contributed by atoms with Crippen molar-refractivity contribution in [3.05, 3.63) is 41.5 Å². The first-order valence-electron chi connectivity index (χ1n) is 9.32. The Morgan fingerprint density at radius 3 is 2.74 bits per heavy atom. The first-order valence-corrected chi connectivity index (χ1v) is 9.32. The number of fused-ring (bicyclic) bond motifs is 4. The van der Waals surface area contributed by atoms with Gasteiger partial charge in [-0.05, 0) is 36.5 Å². The Balaban J connectivity index is 1.41. The Kier molecular flexibility index (Phi) is 5.09. The molecule has 1 aromatic heterocycles. The van der Waals surface area contributed by atoms with E-state index in [9.17, 15) is 4.79 Å². The molecule has 0 spiro atoms. The molecule has 3 saturated heterocycles. The summed E-state index contributed by atoms with van der Waals surface area (Å²) in [6.45, 7) is 4.63. The Bertz CT molecular complexity index is 791. The average Bonchev–Trinajstić information content (AvgIpc) is 2.97. The highest BCUT2D eigenvalue weighted by Gasteiger charge is 2.35. The molecule has 27 heavy (non-hydrogen) atoms. The minimum atomic E-state index is -0.659. The lowest BCUT2D eigenvalue weighted by Gasteiger charge is -2.35. The number of rotatable bonds is 6. The summed E-state index contributed by atoms with van der Waals surface area (Å²) < 4.78 is 10.4. The number of carbonyl (C=O) groups is 1. The van der Waals surface area contributed by atoms with Crippen molar-refractivity contribution >= 4 is 5.91 Å². The highest BCUT2D eigenvalue weighted by molar-refractivity contribution is 5.88. The molecular formula is C19H25N5O3. The van der Waals surface area contributed by atoms with Crippen molar-refractivity contribution in [2.24, 2.45) is 11.7 Å². The van der Waals surface area contributed by atoms with Gasteiger partial charge in [-0.15, -0.1) is 0 Å². The number of amides is 1.